The highest BCUT2D eigenvalue weighted by Gasteiger charge is 2.20. The molecule has 0 atom stereocenters. The monoisotopic (exact) mass is 697 g/mol. The van der Waals surface area contributed by atoms with Crippen molar-refractivity contribution in [3.05, 3.63) is 212 Å². The Morgan fingerprint density at radius 2 is 0.764 bits per heavy atom. The van der Waals surface area contributed by atoms with Gasteiger partial charge in [-0.25, -0.2) is 0 Å². The van der Waals surface area contributed by atoms with Crippen molar-refractivity contribution in [2.45, 2.75) is 0 Å². The number of benzene rings is 10. The topological polar surface area (TPSA) is 4.93 Å². The fourth-order valence-electron chi connectivity index (χ4n) is 9.00. The second kappa shape index (κ2) is 12.7. The first-order chi connectivity index (χ1) is 27.3. The number of aromatic nitrogens is 1. The Morgan fingerprint density at radius 1 is 0.255 bits per heavy atom. The Labute approximate surface area is 320 Å². The molecule has 0 fully saturated rings. The van der Waals surface area contributed by atoms with E-state index in [1.165, 1.54) is 104 Å². The van der Waals surface area contributed by atoms with Gasteiger partial charge < -0.3 is 4.57 Å². The molecule has 55 heavy (non-hydrogen) atoms. The molecule has 11 aromatic rings. The third-order valence-electron chi connectivity index (χ3n) is 11.4. The maximum atomic E-state index is 2.41. The molecule has 256 valence electrons. The average molecular weight is 698 g/mol. The second-order valence-electron chi connectivity index (χ2n) is 14.4. The van der Waals surface area contributed by atoms with Gasteiger partial charge in [-0.1, -0.05) is 176 Å². The zero-order chi connectivity index (χ0) is 36.3. The third-order valence-corrected chi connectivity index (χ3v) is 11.4. The molecular weight excluding hydrogens is 663 g/mol. The quantitative estimate of drug-likeness (QED) is 0.158. The predicted molar refractivity (Wildman–Crippen MR) is 235 cm³/mol. The predicted octanol–water partition coefficient (Wildman–Crippen LogP) is 14.9. The van der Waals surface area contributed by atoms with E-state index >= 15 is 0 Å². The van der Waals surface area contributed by atoms with Gasteiger partial charge in [0.2, 0.25) is 0 Å². The molecular formula is C54H35N. The molecule has 0 unspecified atom stereocenters. The van der Waals surface area contributed by atoms with E-state index in [1.807, 2.05) is 0 Å². The lowest BCUT2D eigenvalue weighted by atomic mass is 9.84. The van der Waals surface area contributed by atoms with Crippen molar-refractivity contribution >= 4 is 54.1 Å². The third kappa shape index (κ3) is 5.01. The van der Waals surface area contributed by atoms with Crippen LogP contribution in [0.4, 0.5) is 0 Å². The summed E-state index contributed by atoms with van der Waals surface area (Å²) < 4.78 is 2.39. The molecule has 1 nitrogen and oxygen atoms in total. The van der Waals surface area contributed by atoms with E-state index in [9.17, 15) is 0 Å². The first-order valence-corrected chi connectivity index (χ1v) is 19.0. The van der Waals surface area contributed by atoms with Crippen LogP contribution in [0.15, 0.2) is 212 Å². The van der Waals surface area contributed by atoms with Gasteiger partial charge in [0, 0.05) is 16.5 Å². The SMILES string of the molecule is c1ccc(-c2c(-c3cccc(-c4c5ccccc5c(-c5ccc6c(c5)c5ccccc5n6-c5ccccc5)c5ccccc45)c3)ccc3ccccc23)cc1. The maximum Gasteiger partial charge on any atom is 0.0541 e. The normalized spacial score (nSPS) is 11.6. The number of hydrogen-bond acceptors (Lipinski definition) is 0. The van der Waals surface area contributed by atoms with Crippen LogP contribution in [0.25, 0.3) is 104 Å². The van der Waals surface area contributed by atoms with Crippen LogP contribution in [0, 0.1) is 0 Å². The standard InChI is InChI=1S/C54H35N/c1-3-17-37(18-4-1)52-42-23-8-7-16-36(42)30-32-43(52)38-19-15-20-39(34-38)53-45-25-9-11-27-47(45)54(48-28-12-10-26-46(48)53)40-31-33-51-49(35-40)44-24-13-14-29-50(44)55(51)41-21-5-2-6-22-41/h1-35H. The van der Waals surface area contributed by atoms with Gasteiger partial charge in [-0.05, 0) is 113 Å². The summed E-state index contributed by atoms with van der Waals surface area (Å²) in [4.78, 5) is 0. The first kappa shape index (κ1) is 31.3. The Kier molecular flexibility index (Phi) is 7.25. The van der Waals surface area contributed by atoms with Crippen molar-refractivity contribution in [3.8, 4) is 50.2 Å². The van der Waals surface area contributed by atoms with Crippen molar-refractivity contribution in [2.24, 2.45) is 0 Å². The average Bonchev–Trinajstić information content (AvgIpc) is 3.59. The highest BCUT2D eigenvalue weighted by molar-refractivity contribution is 6.22. The van der Waals surface area contributed by atoms with Crippen LogP contribution in [-0.2, 0) is 0 Å². The van der Waals surface area contributed by atoms with E-state index in [0.717, 1.165) is 0 Å². The highest BCUT2D eigenvalue weighted by atomic mass is 15.0. The smallest absolute Gasteiger partial charge is 0.0541 e. The summed E-state index contributed by atoms with van der Waals surface area (Å²) >= 11 is 0. The molecule has 0 saturated carbocycles. The van der Waals surface area contributed by atoms with E-state index in [-0.39, 0.29) is 0 Å². The molecule has 0 aliphatic carbocycles. The van der Waals surface area contributed by atoms with Gasteiger partial charge >= 0.3 is 0 Å². The van der Waals surface area contributed by atoms with Gasteiger partial charge in [0.1, 0.15) is 0 Å². The van der Waals surface area contributed by atoms with E-state index in [4.69, 9.17) is 0 Å². The zero-order valence-electron chi connectivity index (χ0n) is 30.2. The van der Waals surface area contributed by atoms with Gasteiger partial charge in [0.15, 0.2) is 0 Å². The number of para-hydroxylation sites is 2. The van der Waals surface area contributed by atoms with Crippen molar-refractivity contribution in [3.63, 3.8) is 0 Å². The fraction of sp³-hybridized carbons (Fsp3) is 0. The molecule has 1 aromatic heterocycles. The van der Waals surface area contributed by atoms with Crippen LogP contribution >= 0.6 is 0 Å². The Hall–Kier alpha value is -7.22. The molecule has 1 heterocycles. The summed E-state index contributed by atoms with van der Waals surface area (Å²) in [6.45, 7) is 0. The Morgan fingerprint density at radius 3 is 1.45 bits per heavy atom. The first-order valence-electron chi connectivity index (χ1n) is 19.0. The minimum absolute atomic E-state index is 1.17. The summed E-state index contributed by atoms with van der Waals surface area (Å²) in [6.07, 6.45) is 0. The van der Waals surface area contributed by atoms with Gasteiger partial charge in [0.05, 0.1) is 11.0 Å². The molecule has 0 amide bonds. The zero-order valence-corrected chi connectivity index (χ0v) is 30.2. The molecule has 1 heteroatoms. The van der Waals surface area contributed by atoms with Crippen LogP contribution in [0.3, 0.4) is 0 Å². The van der Waals surface area contributed by atoms with Gasteiger partial charge in [-0.15, -0.1) is 0 Å². The number of fused-ring (bicyclic) bond motifs is 6. The summed E-state index contributed by atoms with van der Waals surface area (Å²) in [7, 11) is 0. The summed E-state index contributed by atoms with van der Waals surface area (Å²) in [5.74, 6) is 0. The lowest BCUT2D eigenvalue weighted by molar-refractivity contribution is 1.18. The lowest BCUT2D eigenvalue weighted by Gasteiger charge is -2.19. The van der Waals surface area contributed by atoms with Crippen LogP contribution in [0.2, 0.25) is 0 Å². The minimum atomic E-state index is 1.17. The molecule has 0 bridgehead atoms. The van der Waals surface area contributed by atoms with Crippen molar-refractivity contribution in [2.75, 3.05) is 0 Å². The molecule has 0 aliphatic heterocycles. The molecule has 0 radical (unpaired) electrons. The lowest BCUT2D eigenvalue weighted by Crippen LogP contribution is -1.93. The number of hydrogen-bond donors (Lipinski definition) is 0. The van der Waals surface area contributed by atoms with E-state index in [1.54, 1.807) is 0 Å². The summed E-state index contributed by atoms with van der Waals surface area (Å²) in [5.41, 5.74) is 13.5. The Balaban J connectivity index is 1.14. The molecule has 0 aliphatic rings. The maximum absolute atomic E-state index is 2.41. The van der Waals surface area contributed by atoms with Gasteiger partial charge in [-0.2, -0.15) is 0 Å². The van der Waals surface area contributed by atoms with Crippen LogP contribution in [-0.4, -0.2) is 4.57 Å². The summed E-state index contributed by atoms with van der Waals surface area (Å²) in [6, 6.07) is 77.7. The fourth-order valence-corrected chi connectivity index (χ4v) is 9.00. The Bertz CT molecular complexity index is 3190. The van der Waals surface area contributed by atoms with Crippen molar-refractivity contribution in [1.29, 1.82) is 0 Å². The molecule has 0 spiro atoms. The number of nitrogens with zero attached hydrogens (tertiary/aromatic N) is 1. The minimum Gasteiger partial charge on any atom is -0.309 e. The molecule has 0 saturated heterocycles. The van der Waals surface area contributed by atoms with E-state index in [0.29, 0.717) is 0 Å². The van der Waals surface area contributed by atoms with Crippen molar-refractivity contribution in [1.82, 2.24) is 4.57 Å². The van der Waals surface area contributed by atoms with Gasteiger partial charge in [0.25, 0.3) is 0 Å². The highest BCUT2D eigenvalue weighted by Crippen LogP contribution is 2.46. The largest absolute Gasteiger partial charge is 0.309 e. The molecule has 0 N–H and O–H groups in total. The van der Waals surface area contributed by atoms with Crippen LogP contribution in [0.5, 0.6) is 0 Å². The summed E-state index contributed by atoms with van der Waals surface area (Å²) in [5, 5.41) is 10.0. The van der Waals surface area contributed by atoms with E-state index in [2.05, 4.69) is 217 Å². The van der Waals surface area contributed by atoms with Gasteiger partial charge in [-0.3, -0.25) is 0 Å². The van der Waals surface area contributed by atoms with Crippen LogP contribution in [0.1, 0.15) is 0 Å². The second-order valence-corrected chi connectivity index (χ2v) is 14.4. The number of rotatable bonds is 5. The van der Waals surface area contributed by atoms with Crippen LogP contribution < -0.4 is 0 Å². The molecule has 10 aromatic carbocycles. The van der Waals surface area contributed by atoms with Crippen molar-refractivity contribution < 1.29 is 0 Å². The van der Waals surface area contributed by atoms with E-state index < -0.39 is 0 Å². The molecule has 11 rings (SSSR count).